The molecule has 1 aromatic heterocycles. The highest BCUT2D eigenvalue weighted by atomic mass is 14.8. The highest BCUT2D eigenvalue weighted by Crippen LogP contribution is 2.50. The zero-order valence-electron chi connectivity index (χ0n) is 9.19. The molecule has 0 radical (unpaired) electrons. The summed E-state index contributed by atoms with van der Waals surface area (Å²) in [7, 11) is 0. The lowest BCUT2D eigenvalue weighted by Gasteiger charge is -2.18. The summed E-state index contributed by atoms with van der Waals surface area (Å²) in [5, 5.41) is 0. The molecule has 1 saturated carbocycles. The molecule has 0 unspecified atom stereocenters. The summed E-state index contributed by atoms with van der Waals surface area (Å²) in [5.74, 6) is 1.61. The molecule has 0 saturated heterocycles. The van der Waals surface area contributed by atoms with Crippen LogP contribution in [-0.2, 0) is 0 Å². The van der Waals surface area contributed by atoms with Crippen LogP contribution in [0.2, 0.25) is 0 Å². The first-order valence-corrected chi connectivity index (χ1v) is 6.16. The maximum Gasteiger partial charge on any atom is 0.0889 e. The molecule has 2 atom stereocenters. The summed E-state index contributed by atoms with van der Waals surface area (Å²) >= 11 is 0. The van der Waals surface area contributed by atoms with E-state index in [4.69, 9.17) is 0 Å². The normalized spacial score (nSPS) is 27.0. The van der Waals surface area contributed by atoms with Crippen LogP contribution in [0.15, 0.2) is 24.5 Å². The van der Waals surface area contributed by atoms with Gasteiger partial charge in [0.2, 0.25) is 0 Å². The van der Waals surface area contributed by atoms with E-state index in [-0.39, 0.29) is 0 Å². The van der Waals surface area contributed by atoms with Crippen LogP contribution in [0.3, 0.4) is 0 Å². The van der Waals surface area contributed by atoms with E-state index in [0.717, 1.165) is 22.9 Å². The summed E-state index contributed by atoms with van der Waals surface area (Å²) in [6.45, 7) is 0. The fraction of sp³-hybridized carbons (Fsp3) is 0.429. The van der Waals surface area contributed by atoms with Gasteiger partial charge in [-0.25, -0.2) is 0 Å². The standard InChI is InChI=1S/C14H14N2/c1-2-9-6-10(3-1)12-8-14-13(7-11(9)12)15-4-5-16-14/h4-5,7-10H,1-3,6H2/t9-,10+. The number of benzene rings is 1. The first-order valence-electron chi connectivity index (χ1n) is 6.16. The molecule has 2 aliphatic carbocycles. The van der Waals surface area contributed by atoms with E-state index < -0.39 is 0 Å². The van der Waals surface area contributed by atoms with Gasteiger partial charge in [0, 0.05) is 12.4 Å². The number of fused-ring (bicyclic) bond motifs is 6. The summed E-state index contributed by atoms with van der Waals surface area (Å²) in [5.41, 5.74) is 5.26. The Kier molecular flexibility index (Phi) is 1.65. The van der Waals surface area contributed by atoms with Crippen molar-refractivity contribution in [2.75, 3.05) is 0 Å². The van der Waals surface area contributed by atoms with Gasteiger partial charge >= 0.3 is 0 Å². The van der Waals surface area contributed by atoms with E-state index >= 15 is 0 Å². The maximum atomic E-state index is 4.41. The molecule has 80 valence electrons. The maximum absolute atomic E-state index is 4.41. The van der Waals surface area contributed by atoms with Crippen LogP contribution < -0.4 is 0 Å². The van der Waals surface area contributed by atoms with Gasteiger partial charge in [0.25, 0.3) is 0 Å². The topological polar surface area (TPSA) is 25.8 Å². The van der Waals surface area contributed by atoms with Crippen LogP contribution in [0.25, 0.3) is 11.0 Å². The van der Waals surface area contributed by atoms with E-state index in [1.54, 1.807) is 23.5 Å². The average molecular weight is 210 g/mol. The van der Waals surface area contributed by atoms with Gasteiger partial charge in [-0.3, -0.25) is 9.97 Å². The molecular formula is C14H14N2. The molecule has 0 aliphatic heterocycles. The van der Waals surface area contributed by atoms with Crippen LogP contribution in [0.5, 0.6) is 0 Å². The Bertz CT molecular complexity index is 513. The van der Waals surface area contributed by atoms with E-state index in [9.17, 15) is 0 Å². The molecule has 0 amide bonds. The summed E-state index contributed by atoms with van der Waals surface area (Å²) in [4.78, 5) is 8.82. The molecule has 2 heteroatoms. The monoisotopic (exact) mass is 210 g/mol. The van der Waals surface area contributed by atoms with Gasteiger partial charge in [0.15, 0.2) is 0 Å². The van der Waals surface area contributed by atoms with Crippen molar-refractivity contribution in [3.8, 4) is 0 Å². The van der Waals surface area contributed by atoms with Crippen molar-refractivity contribution in [1.82, 2.24) is 9.97 Å². The van der Waals surface area contributed by atoms with E-state index in [1.165, 1.54) is 25.7 Å². The average Bonchev–Trinajstić information content (AvgIpc) is 2.59. The van der Waals surface area contributed by atoms with Crippen molar-refractivity contribution in [1.29, 1.82) is 0 Å². The number of rotatable bonds is 0. The van der Waals surface area contributed by atoms with E-state index in [0.29, 0.717) is 0 Å². The SMILES string of the molecule is c1cnc2cc3c(cc2n1)[C@@H]1CCC[C@H]3C1. The molecule has 4 rings (SSSR count). The Hall–Kier alpha value is -1.44. The highest BCUT2D eigenvalue weighted by Gasteiger charge is 2.34. The summed E-state index contributed by atoms with van der Waals surface area (Å²) < 4.78 is 0. The highest BCUT2D eigenvalue weighted by molar-refractivity contribution is 5.77. The second kappa shape index (κ2) is 3.03. The minimum Gasteiger partial charge on any atom is -0.253 e. The number of aromatic nitrogens is 2. The van der Waals surface area contributed by atoms with Crippen molar-refractivity contribution in [3.63, 3.8) is 0 Å². The lowest BCUT2D eigenvalue weighted by molar-refractivity contribution is 0.435. The largest absolute Gasteiger partial charge is 0.253 e. The summed E-state index contributed by atoms with van der Waals surface area (Å²) in [6.07, 6.45) is 9.07. The van der Waals surface area contributed by atoms with Gasteiger partial charge in [-0.1, -0.05) is 6.42 Å². The van der Waals surface area contributed by atoms with Crippen LogP contribution in [-0.4, -0.2) is 9.97 Å². The fourth-order valence-corrected chi connectivity index (χ4v) is 3.51. The molecule has 2 aromatic rings. The second-order valence-electron chi connectivity index (χ2n) is 5.09. The Labute approximate surface area is 94.7 Å². The Morgan fingerprint density at radius 1 is 0.875 bits per heavy atom. The molecule has 1 fully saturated rings. The second-order valence-corrected chi connectivity index (χ2v) is 5.09. The Morgan fingerprint density at radius 3 is 2.00 bits per heavy atom. The van der Waals surface area contributed by atoms with E-state index in [2.05, 4.69) is 22.1 Å². The Morgan fingerprint density at radius 2 is 1.44 bits per heavy atom. The minimum absolute atomic E-state index is 0.806. The van der Waals surface area contributed by atoms with Crippen molar-refractivity contribution in [3.05, 3.63) is 35.7 Å². The molecule has 0 N–H and O–H groups in total. The van der Waals surface area contributed by atoms with Crippen molar-refractivity contribution < 1.29 is 0 Å². The zero-order valence-corrected chi connectivity index (χ0v) is 9.19. The summed E-state index contributed by atoms with van der Waals surface area (Å²) in [6, 6.07) is 4.57. The predicted molar refractivity (Wildman–Crippen MR) is 63.5 cm³/mol. The molecule has 0 spiro atoms. The van der Waals surface area contributed by atoms with Gasteiger partial charge in [0.05, 0.1) is 11.0 Å². The fourth-order valence-electron chi connectivity index (χ4n) is 3.51. The first-order chi connectivity index (χ1) is 7.92. The number of nitrogens with zero attached hydrogens (tertiary/aromatic N) is 2. The van der Waals surface area contributed by atoms with Crippen molar-refractivity contribution in [2.24, 2.45) is 0 Å². The molecule has 16 heavy (non-hydrogen) atoms. The van der Waals surface area contributed by atoms with Gasteiger partial charge < -0.3 is 0 Å². The van der Waals surface area contributed by atoms with Gasteiger partial charge in [-0.2, -0.15) is 0 Å². The van der Waals surface area contributed by atoms with Gasteiger partial charge in [0.1, 0.15) is 0 Å². The molecule has 2 bridgehead atoms. The third kappa shape index (κ3) is 1.07. The van der Waals surface area contributed by atoms with E-state index in [1.807, 2.05) is 0 Å². The smallest absolute Gasteiger partial charge is 0.0889 e. The van der Waals surface area contributed by atoms with Gasteiger partial charge in [-0.05, 0) is 54.4 Å². The predicted octanol–water partition coefficient (Wildman–Crippen LogP) is 3.38. The third-order valence-corrected chi connectivity index (χ3v) is 4.23. The lowest BCUT2D eigenvalue weighted by atomic mass is 9.87. The van der Waals surface area contributed by atoms with Crippen LogP contribution >= 0.6 is 0 Å². The van der Waals surface area contributed by atoms with Gasteiger partial charge in [-0.15, -0.1) is 0 Å². The number of hydrogen-bond donors (Lipinski definition) is 0. The van der Waals surface area contributed by atoms with Crippen molar-refractivity contribution in [2.45, 2.75) is 37.5 Å². The molecule has 1 heterocycles. The van der Waals surface area contributed by atoms with Crippen LogP contribution in [0.4, 0.5) is 0 Å². The third-order valence-electron chi connectivity index (χ3n) is 4.23. The zero-order chi connectivity index (χ0) is 10.5. The molecule has 2 aliphatic rings. The molecule has 1 aromatic carbocycles. The first kappa shape index (κ1) is 8.68. The lowest BCUT2D eigenvalue weighted by Crippen LogP contribution is -2.01. The molecule has 2 nitrogen and oxygen atoms in total. The van der Waals surface area contributed by atoms with Crippen LogP contribution in [0.1, 0.15) is 48.6 Å². The van der Waals surface area contributed by atoms with Crippen LogP contribution in [0, 0.1) is 0 Å². The Balaban J connectivity index is 2.01. The van der Waals surface area contributed by atoms with Crippen molar-refractivity contribution >= 4 is 11.0 Å². The minimum atomic E-state index is 0.806. The molecular weight excluding hydrogens is 196 g/mol. The number of hydrogen-bond acceptors (Lipinski definition) is 2. The quantitative estimate of drug-likeness (QED) is 0.666.